The highest BCUT2D eigenvalue weighted by Gasteiger charge is 2.13. The van der Waals surface area contributed by atoms with Crippen LogP contribution in [-0.2, 0) is 12.2 Å². The van der Waals surface area contributed by atoms with Crippen molar-refractivity contribution in [2.45, 2.75) is 31.2 Å². The molecule has 0 bridgehead atoms. The lowest BCUT2D eigenvalue weighted by molar-refractivity contribution is 0.728. The summed E-state index contributed by atoms with van der Waals surface area (Å²) in [5, 5.41) is 12.1. The minimum atomic E-state index is -0.237. The van der Waals surface area contributed by atoms with Gasteiger partial charge in [0.05, 0.1) is 5.69 Å². The molecule has 0 aliphatic carbocycles. The van der Waals surface area contributed by atoms with E-state index >= 15 is 0 Å². The van der Waals surface area contributed by atoms with Crippen molar-refractivity contribution in [3.05, 3.63) is 81.6 Å². The summed E-state index contributed by atoms with van der Waals surface area (Å²) in [4.78, 5) is 12.2. The molecule has 27 heavy (non-hydrogen) atoms. The Morgan fingerprint density at radius 2 is 1.89 bits per heavy atom. The van der Waals surface area contributed by atoms with Gasteiger partial charge in [-0.05, 0) is 36.1 Å². The van der Waals surface area contributed by atoms with Crippen LogP contribution in [0.25, 0.3) is 16.8 Å². The van der Waals surface area contributed by atoms with Crippen molar-refractivity contribution in [1.82, 2.24) is 19.8 Å². The molecule has 4 rings (SSSR count). The predicted octanol–water partition coefficient (Wildman–Crippen LogP) is 4.25. The van der Waals surface area contributed by atoms with Gasteiger partial charge in [-0.1, -0.05) is 67.2 Å². The van der Waals surface area contributed by atoms with Crippen LogP contribution in [0.15, 0.2) is 64.5 Å². The summed E-state index contributed by atoms with van der Waals surface area (Å²) >= 11 is 1.56. The molecular weight excluding hydrogens is 356 g/mol. The summed E-state index contributed by atoms with van der Waals surface area (Å²) in [5.74, 6) is 0.765. The fraction of sp³-hybridized carbons (Fsp3) is 0.190. The third kappa shape index (κ3) is 3.53. The summed E-state index contributed by atoms with van der Waals surface area (Å²) < 4.78 is 1.64. The van der Waals surface area contributed by atoms with E-state index in [1.807, 2.05) is 30.3 Å². The third-order valence-electron chi connectivity index (χ3n) is 4.65. The summed E-state index contributed by atoms with van der Waals surface area (Å²) in [5.41, 5.74) is 5.79. The summed E-state index contributed by atoms with van der Waals surface area (Å²) in [6.07, 6.45) is 0.995. The molecule has 2 heterocycles. The zero-order valence-electron chi connectivity index (χ0n) is 15.3. The lowest BCUT2D eigenvalue weighted by Gasteiger charge is -2.05. The highest BCUT2D eigenvalue weighted by molar-refractivity contribution is 7.98. The number of thioether (sulfide) groups is 1. The molecule has 0 fully saturated rings. The van der Waals surface area contributed by atoms with Gasteiger partial charge in [0.1, 0.15) is 5.52 Å². The summed E-state index contributed by atoms with van der Waals surface area (Å²) in [7, 11) is 0. The maximum atomic E-state index is 12.2. The molecule has 0 radical (unpaired) electrons. The molecule has 6 heteroatoms. The van der Waals surface area contributed by atoms with Crippen LogP contribution in [0.2, 0.25) is 0 Å². The minimum Gasteiger partial charge on any atom is -0.266 e. The van der Waals surface area contributed by atoms with Crippen LogP contribution in [0.4, 0.5) is 0 Å². The lowest BCUT2D eigenvalue weighted by Crippen LogP contribution is -2.13. The zero-order valence-corrected chi connectivity index (χ0v) is 16.1. The van der Waals surface area contributed by atoms with Gasteiger partial charge < -0.3 is 0 Å². The third-order valence-corrected chi connectivity index (χ3v) is 5.63. The van der Waals surface area contributed by atoms with E-state index in [4.69, 9.17) is 0 Å². The lowest BCUT2D eigenvalue weighted by atomic mass is 10.1. The number of aryl methyl sites for hydroxylation is 2. The second kappa shape index (κ2) is 7.40. The van der Waals surface area contributed by atoms with Crippen molar-refractivity contribution in [2.75, 3.05) is 0 Å². The maximum Gasteiger partial charge on any atom is 0.290 e. The Morgan fingerprint density at radius 1 is 1.11 bits per heavy atom. The fourth-order valence-corrected chi connectivity index (χ4v) is 3.93. The summed E-state index contributed by atoms with van der Waals surface area (Å²) in [6, 6.07) is 18.4. The number of fused-ring (bicyclic) bond motifs is 1. The van der Waals surface area contributed by atoms with Gasteiger partial charge in [-0.3, -0.25) is 4.79 Å². The van der Waals surface area contributed by atoms with Gasteiger partial charge in [-0.15, -0.1) is 5.10 Å². The number of benzene rings is 2. The van der Waals surface area contributed by atoms with Crippen molar-refractivity contribution in [1.29, 1.82) is 0 Å². The SMILES string of the molecule is CCc1ccc(-c2cc3c(=O)[nH]nc(SCc4ccccc4C)n3n2)cc1. The first-order chi connectivity index (χ1) is 13.2. The van der Waals surface area contributed by atoms with E-state index in [1.54, 1.807) is 16.3 Å². The molecule has 0 aliphatic heterocycles. The normalized spacial score (nSPS) is 11.2. The molecule has 4 aromatic rings. The Hall–Kier alpha value is -2.86. The van der Waals surface area contributed by atoms with E-state index in [9.17, 15) is 4.79 Å². The van der Waals surface area contributed by atoms with Crippen LogP contribution in [0, 0.1) is 6.92 Å². The van der Waals surface area contributed by atoms with Gasteiger partial charge >= 0.3 is 0 Å². The predicted molar refractivity (Wildman–Crippen MR) is 109 cm³/mol. The van der Waals surface area contributed by atoms with E-state index in [-0.39, 0.29) is 5.56 Å². The molecule has 0 spiro atoms. The number of aromatic nitrogens is 4. The van der Waals surface area contributed by atoms with Gasteiger partial charge in [-0.2, -0.15) is 5.10 Å². The van der Waals surface area contributed by atoms with Crippen LogP contribution in [-0.4, -0.2) is 19.8 Å². The second-order valence-electron chi connectivity index (χ2n) is 6.43. The number of aromatic amines is 1. The van der Waals surface area contributed by atoms with Gasteiger partial charge in [0, 0.05) is 11.3 Å². The number of H-pyrrole nitrogens is 1. The molecule has 136 valence electrons. The Balaban J connectivity index is 1.69. The van der Waals surface area contributed by atoms with Gasteiger partial charge in [0.2, 0.25) is 5.16 Å². The van der Waals surface area contributed by atoms with Crippen molar-refractivity contribution >= 4 is 17.3 Å². The average Bonchev–Trinajstić information content (AvgIpc) is 3.15. The second-order valence-corrected chi connectivity index (χ2v) is 7.37. The van der Waals surface area contributed by atoms with E-state index in [0.717, 1.165) is 23.4 Å². The van der Waals surface area contributed by atoms with Gasteiger partial charge in [0.25, 0.3) is 5.56 Å². The standard InChI is InChI=1S/C21H20N4OS/c1-3-15-8-10-16(11-9-15)18-12-19-20(26)22-23-21(25(19)24-18)27-13-17-7-5-4-6-14(17)2/h4-12H,3,13H2,1-2H3,(H,22,26). The molecule has 0 aliphatic rings. The first-order valence-electron chi connectivity index (χ1n) is 8.91. The molecule has 0 saturated carbocycles. The van der Waals surface area contributed by atoms with E-state index < -0.39 is 0 Å². The number of hydrogen-bond acceptors (Lipinski definition) is 4. The van der Waals surface area contributed by atoms with E-state index in [2.05, 4.69) is 53.4 Å². The molecule has 0 unspecified atom stereocenters. The van der Waals surface area contributed by atoms with E-state index in [1.165, 1.54) is 16.7 Å². The summed E-state index contributed by atoms with van der Waals surface area (Å²) in [6.45, 7) is 4.22. The number of nitrogens with zero attached hydrogens (tertiary/aromatic N) is 3. The van der Waals surface area contributed by atoms with Crippen molar-refractivity contribution in [3.8, 4) is 11.3 Å². The number of nitrogens with one attached hydrogen (secondary N) is 1. The smallest absolute Gasteiger partial charge is 0.266 e. The maximum absolute atomic E-state index is 12.2. The van der Waals surface area contributed by atoms with Crippen LogP contribution in [0.1, 0.15) is 23.6 Å². The molecule has 1 N–H and O–H groups in total. The molecule has 2 aromatic heterocycles. The Labute approximate surface area is 161 Å². The average molecular weight is 376 g/mol. The first kappa shape index (κ1) is 17.5. The van der Waals surface area contributed by atoms with Crippen LogP contribution >= 0.6 is 11.8 Å². The molecular formula is C21H20N4OS. The largest absolute Gasteiger partial charge is 0.290 e. The topological polar surface area (TPSA) is 63.0 Å². The fourth-order valence-electron chi connectivity index (χ4n) is 2.95. The number of hydrogen-bond donors (Lipinski definition) is 1. The van der Waals surface area contributed by atoms with Crippen molar-refractivity contribution < 1.29 is 0 Å². The molecule has 0 amide bonds. The van der Waals surface area contributed by atoms with Crippen molar-refractivity contribution in [2.24, 2.45) is 0 Å². The molecule has 0 saturated heterocycles. The van der Waals surface area contributed by atoms with E-state index in [0.29, 0.717) is 10.7 Å². The van der Waals surface area contributed by atoms with Crippen LogP contribution < -0.4 is 5.56 Å². The van der Waals surface area contributed by atoms with Crippen LogP contribution in [0.3, 0.4) is 0 Å². The quantitative estimate of drug-likeness (QED) is 0.529. The minimum absolute atomic E-state index is 0.237. The monoisotopic (exact) mass is 376 g/mol. The van der Waals surface area contributed by atoms with Gasteiger partial charge in [0.15, 0.2) is 0 Å². The molecule has 0 atom stereocenters. The highest BCUT2D eigenvalue weighted by Crippen LogP contribution is 2.25. The zero-order chi connectivity index (χ0) is 18.8. The Kier molecular flexibility index (Phi) is 4.81. The van der Waals surface area contributed by atoms with Gasteiger partial charge in [-0.25, -0.2) is 9.61 Å². The molecule has 5 nitrogen and oxygen atoms in total. The Bertz CT molecular complexity index is 1150. The van der Waals surface area contributed by atoms with Crippen LogP contribution in [0.5, 0.6) is 0 Å². The van der Waals surface area contributed by atoms with Crippen molar-refractivity contribution in [3.63, 3.8) is 0 Å². The Morgan fingerprint density at radius 3 is 2.63 bits per heavy atom. The first-order valence-corrected chi connectivity index (χ1v) is 9.89. The molecule has 2 aromatic carbocycles. The highest BCUT2D eigenvalue weighted by atomic mass is 32.2. The number of rotatable bonds is 5.